The van der Waals surface area contributed by atoms with Crippen molar-refractivity contribution < 1.29 is 9.53 Å². The molecule has 9 nitrogen and oxygen atoms in total. The van der Waals surface area contributed by atoms with Crippen molar-refractivity contribution in [2.45, 2.75) is 6.92 Å². The van der Waals surface area contributed by atoms with Gasteiger partial charge in [-0.25, -0.2) is 0 Å². The molecule has 9 heteroatoms. The van der Waals surface area contributed by atoms with Gasteiger partial charge in [-0.1, -0.05) is 18.2 Å². The number of aromatic nitrogens is 3. The monoisotopic (exact) mass is 419 g/mol. The van der Waals surface area contributed by atoms with E-state index in [9.17, 15) is 4.79 Å². The van der Waals surface area contributed by atoms with E-state index in [0.29, 0.717) is 41.9 Å². The molecule has 0 bridgehead atoms. The van der Waals surface area contributed by atoms with Crippen LogP contribution in [0.5, 0.6) is 5.75 Å². The minimum atomic E-state index is 0.0230. The predicted octanol–water partition coefficient (Wildman–Crippen LogP) is 2.23. The lowest BCUT2D eigenvalue weighted by Gasteiger charge is -2.28. The highest BCUT2D eigenvalue weighted by Crippen LogP contribution is 2.24. The first-order chi connectivity index (χ1) is 15.0. The van der Waals surface area contributed by atoms with Crippen LogP contribution in [0.1, 0.15) is 15.9 Å². The van der Waals surface area contributed by atoms with E-state index in [1.54, 1.807) is 7.11 Å². The van der Waals surface area contributed by atoms with Gasteiger partial charge in [0.25, 0.3) is 5.91 Å². The van der Waals surface area contributed by atoms with Crippen LogP contribution in [-0.2, 0) is 0 Å². The Balaban J connectivity index is 1.60. The molecular formula is C22H25N7O2. The van der Waals surface area contributed by atoms with Crippen LogP contribution in [-0.4, -0.2) is 59.0 Å². The number of nitrogens with two attached hydrogens (primary N) is 1. The standard InChI is InChI=1S/C22H25N7O2/c1-14-6-7-16(13-18(14)20(30)29-10-8-24-9-11-29)25-22-27-19(26-21(23)28-22)15-4-3-5-17(12-15)31-2/h3-7,12-13,24H,8-11H2,1-2H3,(H3,23,25,26,27,28). The highest BCUT2D eigenvalue weighted by molar-refractivity contribution is 5.96. The number of anilines is 3. The van der Waals surface area contributed by atoms with Gasteiger partial charge >= 0.3 is 0 Å². The van der Waals surface area contributed by atoms with E-state index in [2.05, 4.69) is 25.6 Å². The number of hydrogen-bond donors (Lipinski definition) is 3. The van der Waals surface area contributed by atoms with Crippen LogP contribution in [0.4, 0.5) is 17.6 Å². The molecule has 0 saturated carbocycles. The van der Waals surface area contributed by atoms with Gasteiger partial charge in [-0.2, -0.15) is 15.0 Å². The number of aryl methyl sites for hydroxylation is 1. The SMILES string of the molecule is COc1cccc(-c2nc(N)nc(Nc3ccc(C)c(C(=O)N4CCNCC4)c3)n2)c1. The van der Waals surface area contributed by atoms with Gasteiger partial charge in [0.05, 0.1) is 7.11 Å². The van der Waals surface area contributed by atoms with Crippen LogP contribution in [0.15, 0.2) is 42.5 Å². The third kappa shape index (κ3) is 4.72. The maximum absolute atomic E-state index is 13.0. The minimum absolute atomic E-state index is 0.0230. The number of nitrogen functional groups attached to an aromatic ring is 1. The van der Waals surface area contributed by atoms with Crippen LogP contribution >= 0.6 is 0 Å². The molecule has 2 aromatic carbocycles. The maximum Gasteiger partial charge on any atom is 0.254 e. The minimum Gasteiger partial charge on any atom is -0.497 e. The zero-order chi connectivity index (χ0) is 21.8. The Morgan fingerprint density at radius 1 is 1.13 bits per heavy atom. The normalized spacial score (nSPS) is 13.7. The maximum atomic E-state index is 13.0. The quantitative estimate of drug-likeness (QED) is 0.576. The molecule has 160 valence electrons. The molecule has 0 aliphatic carbocycles. The molecule has 1 saturated heterocycles. The molecule has 0 radical (unpaired) electrons. The van der Waals surface area contributed by atoms with E-state index in [0.717, 1.165) is 24.2 Å². The Kier molecular flexibility index (Phi) is 5.94. The second-order valence-corrected chi connectivity index (χ2v) is 7.27. The van der Waals surface area contributed by atoms with E-state index in [1.807, 2.05) is 54.3 Å². The summed E-state index contributed by atoms with van der Waals surface area (Å²) in [4.78, 5) is 27.8. The van der Waals surface area contributed by atoms with E-state index >= 15 is 0 Å². The van der Waals surface area contributed by atoms with Crippen molar-refractivity contribution in [1.82, 2.24) is 25.2 Å². The van der Waals surface area contributed by atoms with Crippen molar-refractivity contribution in [3.8, 4) is 17.1 Å². The van der Waals surface area contributed by atoms with Crippen molar-refractivity contribution in [3.63, 3.8) is 0 Å². The number of carbonyl (C=O) groups excluding carboxylic acids is 1. The number of benzene rings is 2. The van der Waals surface area contributed by atoms with Crippen molar-refractivity contribution >= 4 is 23.5 Å². The molecule has 2 heterocycles. The number of amides is 1. The average molecular weight is 419 g/mol. The Hall–Kier alpha value is -3.72. The van der Waals surface area contributed by atoms with Crippen LogP contribution < -0.4 is 21.1 Å². The van der Waals surface area contributed by atoms with Crippen LogP contribution in [0.3, 0.4) is 0 Å². The molecule has 0 spiro atoms. The third-order valence-corrected chi connectivity index (χ3v) is 5.11. The zero-order valence-electron chi connectivity index (χ0n) is 17.6. The molecule has 1 aliphatic heterocycles. The Labute approximate surface area is 180 Å². The first kappa shape index (κ1) is 20.5. The largest absolute Gasteiger partial charge is 0.497 e. The summed E-state index contributed by atoms with van der Waals surface area (Å²) in [6.07, 6.45) is 0. The van der Waals surface area contributed by atoms with Crippen LogP contribution in [0.25, 0.3) is 11.4 Å². The summed E-state index contributed by atoms with van der Waals surface area (Å²) in [5.74, 6) is 1.54. The average Bonchev–Trinajstić information content (AvgIpc) is 2.80. The Morgan fingerprint density at radius 2 is 1.94 bits per heavy atom. The highest BCUT2D eigenvalue weighted by Gasteiger charge is 2.20. The highest BCUT2D eigenvalue weighted by atomic mass is 16.5. The first-order valence-electron chi connectivity index (χ1n) is 10.1. The molecular weight excluding hydrogens is 394 g/mol. The van der Waals surface area contributed by atoms with Gasteiger partial charge < -0.3 is 26.0 Å². The summed E-state index contributed by atoms with van der Waals surface area (Å²) in [6.45, 7) is 4.94. The molecule has 1 aliphatic rings. The van der Waals surface area contributed by atoms with Crippen molar-refractivity contribution in [2.24, 2.45) is 0 Å². The molecule has 0 atom stereocenters. The van der Waals surface area contributed by atoms with E-state index < -0.39 is 0 Å². The lowest BCUT2D eigenvalue weighted by Crippen LogP contribution is -2.46. The van der Waals surface area contributed by atoms with Gasteiger partial charge in [-0.15, -0.1) is 0 Å². The second kappa shape index (κ2) is 8.97. The number of ether oxygens (including phenoxy) is 1. The van der Waals surface area contributed by atoms with Crippen molar-refractivity contribution in [3.05, 3.63) is 53.6 Å². The predicted molar refractivity (Wildman–Crippen MR) is 119 cm³/mol. The number of methoxy groups -OCH3 is 1. The topological polar surface area (TPSA) is 118 Å². The van der Waals surface area contributed by atoms with Gasteiger partial charge in [0.2, 0.25) is 11.9 Å². The van der Waals surface area contributed by atoms with E-state index in [4.69, 9.17) is 10.5 Å². The molecule has 1 fully saturated rings. The summed E-state index contributed by atoms with van der Waals surface area (Å²) in [6, 6.07) is 13.0. The molecule has 0 unspecified atom stereocenters. The fourth-order valence-electron chi connectivity index (χ4n) is 3.44. The smallest absolute Gasteiger partial charge is 0.254 e. The number of piperazine rings is 1. The van der Waals surface area contributed by atoms with Gasteiger partial charge in [-0.05, 0) is 36.8 Å². The molecule has 1 amide bonds. The summed E-state index contributed by atoms with van der Waals surface area (Å²) in [5, 5.41) is 6.41. The summed E-state index contributed by atoms with van der Waals surface area (Å²) in [7, 11) is 1.60. The third-order valence-electron chi connectivity index (χ3n) is 5.11. The fraction of sp³-hybridized carbons (Fsp3) is 0.273. The van der Waals surface area contributed by atoms with Gasteiger partial charge in [-0.3, -0.25) is 4.79 Å². The lowest BCUT2D eigenvalue weighted by molar-refractivity contribution is 0.0735. The van der Waals surface area contributed by atoms with Crippen LogP contribution in [0, 0.1) is 6.92 Å². The number of nitrogens with zero attached hydrogens (tertiary/aromatic N) is 4. The molecule has 31 heavy (non-hydrogen) atoms. The second-order valence-electron chi connectivity index (χ2n) is 7.27. The lowest BCUT2D eigenvalue weighted by atomic mass is 10.1. The number of rotatable bonds is 5. The summed E-state index contributed by atoms with van der Waals surface area (Å²) < 4.78 is 5.27. The Morgan fingerprint density at radius 3 is 2.71 bits per heavy atom. The van der Waals surface area contributed by atoms with E-state index in [1.165, 1.54) is 0 Å². The van der Waals surface area contributed by atoms with E-state index in [-0.39, 0.29) is 11.9 Å². The van der Waals surface area contributed by atoms with Crippen molar-refractivity contribution in [1.29, 1.82) is 0 Å². The van der Waals surface area contributed by atoms with Gasteiger partial charge in [0, 0.05) is 43.0 Å². The van der Waals surface area contributed by atoms with Crippen molar-refractivity contribution in [2.75, 3.05) is 44.3 Å². The zero-order valence-corrected chi connectivity index (χ0v) is 17.6. The summed E-state index contributed by atoms with van der Waals surface area (Å²) >= 11 is 0. The van der Waals surface area contributed by atoms with Gasteiger partial charge in [0.15, 0.2) is 5.82 Å². The molecule has 3 aromatic rings. The molecule has 1 aromatic heterocycles. The number of carbonyl (C=O) groups is 1. The first-order valence-corrected chi connectivity index (χ1v) is 10.1. The fourth-order valence-corrected chi connectivity index (χ4v) is 3.44. The van der Waals surface area contributed by atoms with Crippen LogP contribution in [0.2, 0.25) is 0 Å². The van der Waals surface area contributed by atoms with Gasteiger partial charge in [0.1, 0.15) is 5.75 Å². The number of hydrogen-bond acceptors (Lipinski definition) is 8. The summed E-state index contributed by atoms with van der Waals surface area (Å²) in [5.41, 5.74) is 8.95. The Bertz CT molecular complexity index is 1100. The molecule has 4 N–H and O–H groups in total. The molecule has 4 rings (SSSR count). The number of nitrogens with one attached hydrogen (secondary N) is 2.